The third-order valence-electron chi connectivity index (χ3n) is 2.66. The van der Waals surface area contributed by atoms with E-state index >= 15 is 0 Å². The summed E-state index contributed by atoms with van der Waals surface area (Å²) in [6.45, 7) is 0. The van der Waals surface area contributed by atoms with Crippen LogP contribution in [-0.4, -0.2) is 30.2 Å². The van der Waals surface area contributed by atoms with E-state index in [1.54, 1.807) is 36.7 Å². The van der Waals surface area contributed by atoms with E-state index in [9.17, 15) is 9.59 Å². The largest absolute Gasteiger partial charge is 0.477 e. The lowest BCUT2D eigenvalue weighted by molar-refractivity contribution is 0.0694. The second kappa shape index (κ2) is 4.05. The zero-order valence-corrected chi connectivity index (χ0v) is 9.59. The van der Waals surface area contributed by atoms with Gasteiger partial charge in [0, 0.05) is 24.7 Å². The smallest absolute Gasteiger partial charge is 0.343 e. The van der Waals surface area contributed by atoms with E-state index < -0.39 is 11.5 Å². The van der Waals surface area contributed by atoms with Gasteiger partial charge in [-0.25, -0.2) is 19.4 Å². The standard InChI is InChI=1S/C12H8N4O3/c17-11-8(12(18)19)7-14-10-4-6-15(16(10)11)9-3-1-2-5-13-9/h1-7H,(H,18,19). The van der Waals surface area contributed by atoms with Crippen molar-refractivity contribution in [3.05, 3.63) is 58.8 Å². The van der Waals surface area contributed by atoms with Crippen molar-refractivity contribution in [1.82, 2.24) is 19.2 Å². The Balaban J connectivity index is 2.37. The first-order valence-electron chi connectivity index (χ1n) is 5.42. The van der Waals surface area contributed by atoms with Gasteiger partial charge in [-0.05, 0) is 12.1 Å². The van der Waals surface area contributed by atoms with Crippen LogP contribution in [0.25, 0.3) is 11.5 Å². The summed E-state index contributed by atoms with van der Waals surface area (Å²) in [5.74, 6) is -0.801. The second-order valence-electron chi connectivity index (χ2n) is 3.80. The molecule has 0 fully saturated rings. The molecule has 3 aromatic rings. The van der Waals surface area contributed by atoms with Gasteiger partial charge in [0.05, 0.1) is 0 Å². The molecule has 0 saturated heterocycles. The Bertz CT molecular complexity index is 820. The number of nitrogens with zero attached hydrogens (tertiary/aromatic N) is 4. The highest BCUT2D eigenvalue weighted by Gasteiger charge is 2.14. The summed E-state index contributed by atoms with van der Waals surface area (Å²) < 4.78 is 2.63. The van der Waals surface area contributed by atoms with Crippen molar-refractivity contribution in [2.24, 2.45) is 0 Å². The summed E-state index contributed by atoms with van der Waals surface area (Å²) in [7, 11) is 0. The maximum atomic E-state index is 12.1. The van der Waals surface area contributed by atoms with Crippen molar-refractivity contribution in [3.63, 3.8) is 0 Å². The van der Waals surface area contributed by atoms with Crippen LogP contribution in [0.1, 0.15) is 10.4 Å². The van der Waals surface area contributed by atoms with Gasteiger partial charge >= 0.3 is 5.97 Å². The Morgan fingerprint density at radius 1 is 1.21 bits per heavy atom. The van der Waals surface area contributed by atoms with Crippen LogP contribution < -0.4 is 5.56 Å². The van der Waals surface area contributed by atoms with E-state index in [0.717, 1.165) is 6.20 Å². The van der Waals surface area contributed by atoms with Gasteiger partial charge in [-0.1, -0.05) is 6.07 Å². The van der Waals surface area contributed by atoms with Gasteiger partial charge in [0.25, 0.3) is 5.56 Å². The Morgan fingerprint density at radius 2 is 2.05 bits per heavy atom. The van der Waals surface area contributed by atoms with Crippen molar-refractivity contribution < 1.29 is 9.90 Å². The monoisotopic (exact) mass is 256 g/mol. The molecule has 1 N–H and O–H groups in total. The van der Waals surface area contributed by atoms with Crippen LogP contribution in [0.4, 0.5) is 0 Å². The van der Waals surface area contributed by atoms with Gasteiger partial charge in [-0.2, -0.15) is 4.52 Å². The minimum absolute atomic E-state index is 0.362. The predicted octanol–water partition coefficient (Wildman–Crippen LogP) is 0.578. The molecule has 0 unspecified atom stereocenters. The minimum Gasteiger partial charge on any atom is -0.477 e. The van der Waals surface area contributed by atoms with Crippen molar-refractivity contribution in [2.45, 2.75) is 0 Å². The summed E-state index contributed by atoms with van der Waals surface area (Å²) >= 11 is 0. The fourth-order valence-electron chi connectivity index (χ4n) is 1.80. The van der Waals surface area contributed by atoms with Crippen LogP contribution in [0.3, 0.4) is 0 Å². The van der Waals surface area contributed by atoms with Gasteiger partial charge in [0.15, 0.2) is 11.5 Å². The number of pyridine rings is 1. The second-order valence-corrected chi connectivity index (χ2v) is 3.80. The first-order valence-corrected chi connectivity index (χ1v) is 5.42. The molecule has 0 amide bonds. The molecular formula is C12H8N4O3. The molecule has 3 heterocycles. The predicted molar refractivity (Wildman–Crippen MR) is 65.5 cm³/mol. The maximum absolute atomic E-state index is 12.1. The van der Waals surface area contributed by atoms with Gasteiger partial charge in [0.1, 0.15) is 5.56 Å². The highest BCUT2D eigenvalue weighted by atomic mass is 16.4. The molecular weight excluding hydrogens is 248 g/mol. The Kier molecular flexibility index (Phi) is 2.38. The molecule has 94 valence electrons. The number of fused-ring (bicyclic) bond motifs is 1. The number of carboxylic acid groups (broad SMARTS) is 1. The molecule has 0 aliphatic heterocycles. The molecule has 0 spiro atoms. The van der Waals surface area contributed by atoms with E-state index in [-0.39, 0.29) is 5.56 Å². The minimum atomic E-state index is -1.30. The van der Waals surface area contributed by atoms with Crippen molar-refractivity contribution in [3.8, 4) is 5.82 Å². The van der Waals surface area contributed by atoms with Crippen LogP contribution in [0.2, 0.25) is 0 Å². The molecule has 0 bridgehead atoms. The van der Waals surface area contributed by atoms with E-state index in [0.29, 0.717) is 11.5 Å². The molecule has 0 aliphatic carbocycles. The lowest BCUT2D eigenvalue weighted by Crippen LogP contribution is -2.26. The average molecular weight is 256 g/mol. The molecule has 0 aromatic carbocycles. The molecule has 19 heavy (non-hydrogen) atoms. The third-order valence-corrected chi connectivity index (χ3v) is 2.66. The highest BCUT2D eigenvalue weighted by molar-refractivity contribution is 5.86. The third kappa shape index (κ3) is 1.68. The molecule has 0 radical (unpaired) electrons. The Hall–Kier alpha value is -2.96. The molecule has 7 nitrogen and oxygen atoms in total. The van der Waals surface area contributed by atoms with Crippen molar-refractivity contribution in [2.75, 3.05) is 0 Å². The molecule has 0 aliphatic rings. The summed E-state index contributed by atoms with van der Waals surface area (Å²) in [6, 6.07) is 6.84. The van der Waals surface area contributed by atoms with Crippen LogP contribution >= 0.6 is 0 Å². The quantitative estimate of drug-likeness (QED) is 0.724. The average Bonchev–Trinajstić information content (AvgIpc) is 2.84. The number of carbonyl (C=O) groups is 1. The SMILES string of the molecule is O=C(O)c1cnc2ccn(-c3ccccn3)n2c1=O. The number of aromatic nitrogens is 4. The van der Waals surface area contributed by atoms with E-state index in [1.807, 2.05) is 0 Å². The molecule has 0 atom stereocenters. The Morgan fingerprint density at radius 3 is 2.74 bits per heavy atom. The van der Waals surface area contributed by atoms with Gasteiger partial charge in [-0.3, -0.25) is 4.79 Å². The lowest BCUT2D eigenvalue weighted by atomic mass is 10.3. The molecule has 7 heteroatoms. The molecule has 0 saturated carbocycles. The topological polar surface area (TPSA) is 89.5 Å². The summed E-state index contributed by atoms with van der Waals surface area (Å²) in [5, 5.41) is 8.95. The lowest BCUT2D eigenvalue weighted by Gasteiger charge is -2.05. The first kappa shape index (κ1) is 11.1. The van der Waals surface area contributed by atoms with Crippen LogP contribution in [0.15, 0.2) is 47.7 Å². The van der Waals surface area contributed by atoms with E-state index in [1.165, 1.54) is 9.20 Å². The summed E-state index contributed by atoms with van der Waals surface area (Å²) in [6.07, 6.45) is 4.25. The molecule has 3 rings (SSSR count). The summed E-state index contributed by atoms with van der Waals surface area (Å²) in [5.41, 5.74) is -0.665. The number of aromatic carboxylic acids is 1. The van der Waals surface area contributed by atoms with Crippen molar-refractivity contribution >= 4 is 11.6 Å². The van der Waals surface area contributed by atoms with Crippen LogP contribution in [0, 0.1) is 0 Å². The fraction of sp³-hybridized carbons (Fsp3) is 0. The van der Waals surface area contributed by atoms with E-state index in [2.05, 4.69) is 9.97 Å². The highest BCUT2D eigenvalue weighted by Crippen LogP contribution is 2.06. The normalized spacial score (nSPS) is 10.7. The van der Waals surface area contributed by atoms with Crippen molar-refractivity contribution in [1.29, 1.82) is 0 Å². The zero-order chi connectivity index (χ0) is 13.4. The summed E-state index contributed by atoms with van der Waals surface area (Å²) in [4.78, 5) is 31.1. The van der Waals surface area contributed by atoms with Crippen LogP contribution in [-0.2, 0) is 0 Å². The number of hydrogen-bond acceptors (Lipinski definition) is 4. The fourth-order valence-corrected chi connectivity index (χ4v) is 1.80. The van der Waals surface area contributed by atoms with Crippen LogP contribution in [0.5, 0.6) is 0 Å². The number of rotatable bonds is 2. The van der Waals surface area contributed by atoms with Gasteiger partial charge in [0.2, 0.25) is 0 Å². The zero-order valence-electron chi connectivity index (χ0n) is 9.59. The van der Waals surface area contributed by atoms with Gasteiger partial charge in [-0.15, -0.1) is 0 Å². The van der Waals surface area contributed by atoms with E-state index in [4.69, 9.17) is 5.11 Å². The first-order chi connectivity index (χ1) is 9.18. The number of hydrogen-bond donors (Lipinski definition) is 1. The Labute approximate surface area is 106 Å². The number of carboxylic acids is 1. The maximum Gasteiger partial charge on any atom is 0.343 e. The molecule has 3 aromatic heterocycles. The van der Waals surface area contributed by atoms with Gasteiger partial charge < -0.3 is 5.11 Å².